The van der Waals surface area contributed by atoms with E-state index in [0.717, 1.165) is 70.6 Å². The molecule has 0 amide bonds. The van der Waals surface area contributed by atoms with Crippen molar-refractivity contribution in [1.29, 1.82) is 0 Å². The van der Waals surface area contributed by atoms with E-state index < -0.39 is 43.4 Å². The highest BCUT2D eigenvalue weighted by Crippen LogP contribution is 2.22. The molecule has 1 rings (SSSR count). The second-order valence-electron chi connectivity index (χ2n) is 13.3. The van der Waals surface area contributed by atoms with Crippen LogP contribution in [0, 0.1) is 0 Å². The van der Waals surface area contributed by atoms with Crippen LogP contribution in [-0.4, -0.2) is 89.6 Å². The first-order valence-electron chi connectivity index (χ1n) is 19.9. The summed E-state index contributed by atoms with van der Waals surface area (Å²) in [6.45, 7) is 4.31. The SMILES string of the molecule is CC/C=C\C/C=C\C/C=C\CCCCCC(=O)OC(COCCCCCCCC/C=C\C/C=C\CCCC)COC1OC(CO)C(O)C(O)C1O. The number of ether oxygens (including phenoxy) is 4. The van der Waals surface area contributed by atoms with Crippen LogP contribution in [0.15, 0.2) is 60.8 Å². The fourth-order valence-corrected chi connectivity index (χ4v) is 5.52. The number of esters is 1. The summed E-state index contributed by atoms with van der Waals surface area (Å²) in [4.78, 5) is 12.7. The third kappa shape index (κ3) is 25.5. The smallest absolute Gasteiger partial charge is 0.306 e. The average Bonchev–Trinajstić information content (AvgIpc) is 3.13. The lowest BCUT2D eigenvalue weighted by Crippen LogP contribution is -2.59. The van der Waals surface area contributed by atoms with Crippen LogP contribution in [0.3, 0.4) is 0 Å². The topological polar surface area (TPSA) is 135 Å². The predicted octanol–water partition coefficient (Wildman–Crippen LogP) is 7.96. The van der Waals surface area contributed by atoms with Crippen molar-refractivity contribution in [3.05, 3.63) is 60.8 Å². The molecule has 6 atom stereocenters. The number of hydrogen-bond donors (Lipinski definition) is 4. The largest absolute Gasteiger partial charge is 0.457 e. The lowest BCUT2D eigenvalue weighted by atomic mass is 9.99. The third-order valence-corrected chi connectivity index (χ3v) is 8.67. The molecule has 6 unspecified atom stereocenters. The summed E-state index contributed by atoms with van der Waals surface area (Å²) in [6, 6.07) is 0. The van der Waals surface area contributed by atoms with Gasteiger partial charge in [0.1, 0.15) is 30.5 Å². The molecule has 294 valence electrons. The van der Waals surface area contributed by atoms with E-state index in [4.69, 9.17) is 18.9 Å². The number of hydrogen-bond acceptors (Lipinski definition) is 9. The zero-order valence-corrected chi connectivity index (χ0v) is 31.8. The Labute approximate surface area is 309 Å². The average molecular weight is 721 g/mol. The molecule has 1 saturated heterocycles. The van der Waals surface area contributed by atoms with Gasteiger partial charge in [-0.1, -0.05) is 120 Å². The molecule has 0 bridgehead atoms. The maximum Gasteiger partial charge on any atom is 0.306 e. The minimum absolute atomic E-state index is 0.122. The van der Waals surface area contributed by atoms with Crippen LogP contribution >= 0.6 is 0 Å². The fourth-order valence-electron chi connectivity index (χ4n) is 5.52. The van der Waals surface area contributed by atoms with Gasteiger partial charge in [-0.3, -0.25) is 4.79 Å². The van der Waals surface area contributed by atoms with Gasteiger partial charge in [-0.05, 0) is 70.6 Å². The van der Waals surface area contributed by atoms with Gasteiger partial charge in [-0.2, -0.15) is 0 Å². The Morgan fingerprint density at radius 1 is 0.647 bits per heavy atom. The van der Waals surface area contributed by atoms with E-state index in [1.165, 1.54) is 38.5 Å². The minimum atomic E-state index is -1.54. The lowest BCUT2D eigenvalue weighted by molar-refractivity contribution is -0.305. The molecule has 1 aliphatic heterocycles. The second-order valence-corrected chi connectivity index (χ2v) is 13.3. The van der Waals surface area contributed by atoms with Gasteiger partial charge >= 0.3 is 5.97 Å². The van der Waals surface area contributed by atoms with Crippen LogP contribution < -0.4 is 0 Å². The predicted molar refractivity (Wildman–Crippen MR) is 205 cm³/mol. The molecule has 0 aliphatic carbocycles. The highest BCUT2D eigenvalue weighted by Gasteiger charge is 2.44. The van der Waals surface area contributed by atoms with Gasteiger partial charge in [0.2, 0.25) is 0 Å². The molecule has 51 heavy (non-hydrogen) atoms. The second kappa shape index (κ2) is 33.7. The molecular weight excluding hydrogens is 648 g/mol. The Morgan fingerprint density at radius 3 is 1.80 bits per heavy atom. The molecule has 0 saturated carbocycles. The maximum atomic E-state index is 12.7. The van der Waals surface area contributed by atoms with E-state index in [0.29, 0.717) is 13.0 Å². The number of allylic oxidation sites excluding steroid dienone is 10. The number of unbranched alkanes of at least 4 members (excludes halogenated alkanes) is 11. The molecule has 4 N–H and O–H groups in total. The molecule has 0 aromatic heterocycles. The Kier molecular flexibility index (Phi) is 31.0. The van der Waals surface area contributed by atoms with Crippen LogP contribution in [0.2, 0.25) is 0 Å². The summed E-state index contributed by atoms with van der Waals surface area (Å²) in [5.74, 6) is -0.350. The molecule has 1 aliphatic rings. The van der Waals surface area contributed by atoms with Gasteiger partial charge in [0, 0.05) is 13.0 Å². The quantitative estimate of drug-likeness (QED) is 0.0310. The van der Waals surface area contributed by atoms with Crippen molar-refractivity contribution in [2.24, 2.45) is 0 Å². The number of rotatable bonds is 32. The van der Waals surface area contributed by atoms with Gasteiger partial charge < -0.3 is 39.4 Å². The van der Waals surface area contributed by atoms with Crippen molar-refractivity contribution in [2.45, 2.75) is 173 Å². The van der Waals surface area contributed by atoms with Gasteiger partial charge in [-0.15, -0.1) is 0 Å². The van der Waals surface area contributed by atoms with Crippen molar-refractivity contribution in [3.63, 3.8) is 0 Å². The van der Waals surface area contributed by atoms with Gasteiger partial charge in [0.05, 0.1) is 19.8 Å². The van der Waals surface area contributed by atoms with Crippen LogP contribution in [0.4, 0.5) is 0 Å². The van der Waals surface area contributed by atoms with Crippen molar-refractivity contribution >= 4 is 5.97 Å². The first-order chi connectivity index (χ1) is 24.9. The Morgan fingerprint density at radius 2 is 1.20 bits per heavy atom. The molecule has 1 fully saturated rings. The first kappa shape index (κ1) is 46.9. The number of carbonyl (C=O) groups excluding carboxylic acids is 1. The van der Waals surface area contributed by atoms with Crippen LogP contribution in [0.5, 0.6) is 0 Å². The Bertz CT molecular complexity index is 958. The highest BCUT2D eigenvalue weighted by molar-refractivity contribution is 5.69. The molecule has 0 spiro atoms. The molecule has 9 nitrogen and oxygen atoms in total. The Balaban J connectivity index is 2.35. The molecule has 9 heteroatoms. The molecule has 0 aromatic rings. The van der Waals surface area contributed by atoms with Crippen LogP contribution in [0.1, 0.15) is 136 Å². The number of aliphatic hydroxyl groups is 4. The van der Waals surface area contributed by atoms with E-state index in [-0.39, 0.29) is 25.6 Å². The van der Waals surface area contributed by atoms with Crippen LogP contribution in [-0.2, 0) is 23.7 Å². The van der Waals surface area contributed by atoms with Gasteiger partial charge in [-0.25, -0.2) is 0 Å². The van der Waals surface area contributed by atoms with E-state index >= 15 is 0 Å². The van der Waals surface area contributed by atoms with E-state index in [1.54, 1.807) is 0 Å². The van der Waals surface area contributed by atoms with Crippen molar-refractivity contribution < 1.29 is 44.2 Å². The summed E-state index contributed by atoms with van der Waals surface area (Å²) in [5.41, 5.74) is 0. The zero-order chi connectivity index (χ0) is 37.2. The van der Waals surface area contributed by atoms with Crippen molar-refractivity contribution in [1.82, 2.24) is 0 Å². The molecular formula is C42H72O9. The van der Waals surface area contributed by atoms with E-state index in [9.17, 15) is 25.2 Å². The molecule has 0 aromatic carbocycles. The monoisotopic (exact) mass is 721 g/mol. The van der Waals surface area contributed by atoms with Crippen LogP contribution in [0.25, 0.3) is 0 Å². The third-order valence-electron chi connectivity index (χ3n) is 8.67. The van der Waals surface area contributed by atoms with Gasteiger partial charge in [0.15, 0.2) is 6.29 Å². The van der Waals surface area contributed by atoms with E-state index in [1.807, 2.05) is 0 Å². The number of carbonyl (C=O) groups is 1. The summed E-state index contributed by atoms with van der Waals surface area (Å²) in [7, 11) is 0. The summed E-state index contributed by atoms with van der Waals surface area (Å²) < 4.78 is 22.7. The van der Waals surface area contributed by atoms with Crippen molar-refractivity contribution in [3.8, 4) is 0 Å². The van der Waals surface area contributed by atoms with Crippen molar-refractivity contribution in [2.75, 3.05) is 26.4 Å². The maximum absolute atomic E-state index is 12.7. The van der Waals surface area contributed by atoms with Gasteiger partial charge in [0.25, 0.3) is 0 Å². The number of aliphatic hydroxyl groups excluding tert-OH is 4. The lowest BCUT2D eigenvalue weighted by Gasteiger charge is -2.39. The summed E-state index contributed by atoms with van der Waals surface area (Å²) in [6.07, 6.45) is 33.9. The normalized spacial score (nSPS) is 22.0. The molecule has 1 heterocycles. The minimum Gasteiger partial charge on any atom is -0.457 e. The zero-order valence-electron chi connectivity index (χ0n) is 31.8. The molecule has 0 radical (unpaired) electrons. The standard InChI is InChI=1S/C42H72O9/c1-3-5-7-9-11-13-15-17-18-20-22-24-26-28-30-32-48-34-36(35-49-42-41(47)40(46)39(45)37(33-43)51-42)50-38(44)31-29-27-25-23-21-19-16-14-12-10-8-6-4-2/h6,8-9,11-12,14-15,17,19,21,36-37,39-43,45-47H,3-5,7,10,13,16,18,20,22-35H2,1-2H3/b8-6-,11-9-,14-12-,17-15-,21-19-. The summed E-state index contributed by atoms with van der Waals surface area (Å²) >= 11 is 0. The first-order valence-corrected chi connectivity index (χ1v) is 19.9. The summed E-state index contributed by atoms with van der Waals surface area (Å²) in [5, 5.41) is 40.0. The fraction of sp³-hybridized carbons (Fsp3) is 0.738. The highest BCUT2D eigenvalue weighted by atomic mass is 16.7. The Hall–Kier alpha value is -2.11. The van der Waals surface area contributed by atoms with E-state index in [2.05, 4.69) is 74.6 Å².